The van der Waals surface area contributed by atoms with Gasteiger partial charge in [0.1, 0.15) is 11.6 Å². The van der Waals surface area contributed by atoms with E-state index in [1.165, 1.54) is 6.07 Å². The maximum Gasteiger partial charge on any atom is 0.130 e. The van der Waals surface area contributed by atoms with Gasteiger partial charge in [0.15, 0.2) is 0 Å². The van der Waals surface area contributed by atoms with Gasteiger partial charge in [0, 0.05) is 43.9 Å². The van der Waals surface area contributed by atoms with Crippen LogP contribution in [0.4, 0.5) is 8.78 Å². The summed E-state index contributed by atoms with van der Waals surface area (Å²) in [5.74, 6) is -0.460. The van der Waals surface area contributed by atoms with Gasteiger partial charge in [0.05, 0.1) is 0 Å². The lowest BCUT2D eigenvalue weighted by Crippen LogP contribution is -2.45. The predicted octanol–water partition coefficient (Wildman–Crippen LogP) is 2.96. The molecule has 1 N–H and O–H groups in total. The summed E-state index contributed by atoms with van der Waals surface area (Å²) >= 11 is 0. The van der Waals surface area contributed by atoms with Crippen molar-refractivity contribution in [2.75, 3.05) is 26.2 Å². The molecule has 0 saturated carbocycles. The van der Waals surface area contributed by atoms with E-state index in [2.05, 4.69) is 24.1 Å². The summed E-state index contributed by atoms with van der Waals surface area (Å²) in [7, 11) is 0. The average molecular weight is 268 g/mol. The van der Waals surface area contributed by atoms with Crippen LogP contribution < -0.4 is 5.32 Å². The number of rotatable bonds is 4. The van der Waals surface area contributed by atoms with Gasteiger partial charge in [-0.25, -0.2) is 8.78 Å². The highest BCUT2D eigenvalue weighted by Crippen LogP contribution is 2.30. The summed E-state index contributed by atoms with van der Waals surface area (Å²) in [5, 5.41) is 3.30. The van der Waals surface area contributed by atoms with Gasteiger partial charge in [-0.15, -0.1) is 0 Å². The molecule has 0 aliphatic carbocycles. The van der Waals surface area contributed by atoms with Gasteiger partial charge in [-0.2, -0.15) is 0 Å². The quantitative estimate of drug-likeness (QED) is 0.903. The van der Waals surface area contributed by atoms with Crippen LogP contribution in [0.5, 0.6) is 0 Å². The highest BCUT2D eigenvalue weighted by atomic mass is 19.1. The topological polar surface area (TPSA) is 15.3 Å². The van der Waals surface area contributed by atoms with E-state index in [0.717, 1.165) is 38.7 Å². The van der Waals surface area contributed by atoms with Crippen LogP contribution in [0, 0.1) is 17.6 Å². The first kappa shape index (κ1) is 14.4. The Hall–Kier alpha value is -1.00. The Morgan fingerprint density at radius 2 is 1.89 bits per heavy atom. The minimum atomic E-state index is -0.509. The second-order valence-corrected chi connectivity index (χ2v) is 5.60. The number of nitrogens with zero attached hydrogens (tertiary/aromatic N) is 1. The van der Waals surface area contributed by atoms with Crippen molar-refractivity contribution in [1.82, 2.24) is 10.2 Å². The number of nitrogens with one attached hydrogen (secondary N) is 1. The molecule has 2 rings (SSSR count). The van der Waals surface area contributed by atoms with E-state index < -0.39 is 11.6 Å². The third kappa shape index (κ3) is 3.74. The SMILES string of the molecule is CC(C)C[C@@H](c1ccc(F)cc1F)N1CCNCC1. The van der Waals surface area contributed by atoms with E-state index in [4.69, 9.17) is 0 Å². The first-order valence-corrected chi connectivity index (χ1v) is 6.97. The van der Waals surface area contributed by atoms with Gasteiger partial charge in [0.25, 0.3) is 0 Å². The third-order valence-corrected chi connectivity index (χ3v) is 3.61. The van der Waals surface area contributed by atoms with Crippen molar-refractivity contribution < 1.29 is 8.78 Å². The van der Waals surface area contributed by atoms with E-state index in [1.807, 2.05) is 0 Å². The number of benzene rings is 1. The van der Waals surface area contributed by atoms with E-state index in [-0.39, 0.29) is 6.04 Å². The summed E-state index contributed by atoms with van der Waals surface area (Å²) in [6.45, 7) is 7.95. The van der Waals surface area contributed by atoms with Crippen molar-refractivity contribution in [2.24, 2.45) is 5.92 Å². The van der Waals surface area contributed by atoms with Crippen LogP contribution in [0.15, 0.2) is 18.2 Å². The molecule has 1 aromatic carbocycles. The molecule has 19 heavy (non-hydrogen) atoms. The van der Waals surface area contributed by atoms with E-state index in [9.17, 15) is 8.78 Å². The second-order valence-electron chi connectivity index (χ2n) is 5.60. The third-order valence-electron chi connectivity index (χ3n) is 3.61. The van der Waals surface area contributed by atoms with Crippen LogP contribution in [-0.2, 0) is 0 Å². The summed E-state index contributed by atoms with van der Waals surface area (Å²) in [6.07, 6.45) is 0.891. The van der Waals surface area contributed by atoms with Crippen LogP contribution in [0.1, 0.15) is 31.9 Å². The van der Waals surface area contributed by atoms with Crippen LogP contribution in [0.2, 0.25) is 0 Å². The molecule has 0 spiro atoms. The van der Waals surface area contributed by atoms with Crippen LogP contribution in [0.25, 0.3) is 0 Å². The highest BCUT2D eigenvalue weighted by Gasteiger charge is 2.25. The smallest absolute Gasteiger partial charge is 0.130 e. The largest absolute Gasteiger partial charge is 0.314 e. The van der Waals surface area contributed by atoms with Crippen LogP contribution in [-0.4, -0.2) is 31.1 Å². The van der Waals surface area contributed by atoms with E-state index in [1.54, 1.807) is 6.07 Å². The Labute approximate surface area is 113 Å². The molecule has 0 aromatic heterocycles. The molecule has 1 aliphatic heterocycles. The van der Waals surface area contributed by atoms with Crippen molar-refractivity contribution in [3.63, 3.8) is 0 Å². The monoisotopic (exact) mass is 268 g/mol. The van der Waals surface area contributed by atoms with Gasteiger partial charge < -0.3 is 5.32 Å². The number of hydrogen-bond donors (Lipinski definition) is 1. The molecule has 106 valence electrons. The van der Waals surface area contributed by atoms with Gasteiger partial charge in [0.2, 0.25) is 0 Å². The predicted molar refractivity (Wildman–Crippen MR) is 73.0 cm³/mol. The lowest BCUT2D eigenvalue weighted by Gasteiger charge is -2.36. The van der Waals surface area contributed by atoms with E-state index in [0.29, 0.717) is 11.5 Å². The molecular formula is C15H22F2N2. The van der Waals surface area contributed by atoms with Gasteiger partial charge >= 0.3 is 0 Å². The molecule has 1 saturated heterocycles. The van der Waals surface area contributed by atoms with Crippen molar-refractivity contribution in [1.29, 1.82) is 0 Å². The van der Waals surface area contributed by atoms with Gasteiger partial charge in [-0.1, -0.05) is 19.9 Å². The summed E-state index contributed by atoms with van der Waals surface area (Å²) in [5.41, 5.74) is 0.622. The molecule has 0 radical (unpaired) electrons. The van der Waals surface area contributed by atoms with Crippen molar-refractivity contribution >= 4 is 0 Å². The Morgan fingerprint density at radius 3 is 2.47 bits per heavy atom. The van der Waals surface area contributed by atoms with Crippen LogP contribution >= 0.6 is 0 Å². The number of piperazine rings is 1. The Balaban J connectivity index is 2.25. The molecule has 1 fully saturated rings. The summed E-state index contributed by atoms with van der Waals surface area (Å²) in [6, 6.07) is 3.99. The Bertz CT molecular complexity index is 415. The average Bonchev–Trinajstić information content (AvgIpc) is 2.37. The standard InChI is InChI=1S/C15H22F2N2/c1-11(2)9-15(19-7-5-18-6-8-19)13-4-3-12(16)10-14(13)17/h3-4,10-11,15,18H,5-9H2,1-2H3/t15-/m0/s1. The lowest BCUT2D eigenvalue weighted by molar-refractivity contribution is 0.151. The molecule has 1 atom stereocenters. The Kier molecular flexibility index (Phi) is 4.88. The normalized spacial score (nSPS) is 18.8. The fraction of sp³-hybridized carbons (Fsp3) is 0.600. The summed E-state index contributed by atoms with van der Waals surface area (Å²) in [4.78, 5) is 2.30. The lowest BCUT2D eigenvalue weighted by atomic mass is 9.94. The molecule has 1 aromatic rings. The molecular weight excluding hydrogens is 246 g/mol. The van der Waals surface area contributed by atoms with Gasteiger partial charge in [-0.05, 0) is 18.4 Å². The zero-order chi connectivity index (χ0) is 13.8. The number of halogens is 2. The highest BCUT2D eigenvalue weighted by molar-refractivity contribution is 5.22. The Morgan fingerprint density at radius 1 is 1.21 bits per heavy atom. The minimum Gasteiger partial charge on any atom is -0.314 e. The molecule has 4 heteroatoms. The van der Waals surface area contributed by atoms with Gasteiger partial charge in [-0.3, -0.25) is 4.90 Å². The fourth-order valence-electron chi connectivity index (χ4n) is 2.68. The molecule has 2 nitrogen and oxygen atoms in total. The van der Waals surface area contributed by atoms with Crippen molar-refractivity contribution in [3.05, 3.63) is 35.4 Å². The first-order valence-electron chi connectivity index (χ1n) is 6.97. The van der Waals surface area contributed by atoms with Crippen molar-refractivity contribution in [3.8, 4) is 0 Å². The number of hydrogen-bond acceptors (Lipinski definition) is 2. The fourth-order valence-corrected chi connectivity index (χ4v) is 2.68. The zero-order valence-electron chi connectivity index (χ0n) is 11.6. The zero-order valence-corrected chi connectivity index (χ0v) is 11.6. The van der Waals surface area contributed by atoms with E-state index >= 15 is 0 Å². The van der Waals surface area contributed by atoms with Crippen LogP contribution in [0.3, 0.4) is 0 Å². The molecule has 0 unspecified atom stereocenters. The maximum atomic E-state index is 14.0. The molecule has 1 heterocycles. The second kappa shape index (κ2) is 6.44. The summed E-state index contributed by atoms with van der Waals surface area (Å²) < 4.78 is 27.1. The minimum absolute atomic E-state index is 0.0442. The first-order chi connectivity index (χ1) is 9.08. The van der Waals surface area contributed by atoms with Crippen molar-refractivity contribution in [2.45, 2.75) is 26.3 Å². The molecule has 0 bridgehead atoms. The molecule has 1 aliphatic rings. The maximum absolute atomic E-state index is 14.0. The molecule has 0 amide bonds.